The number of nitrogens with one attached hydrogen (secondary N) is 1. The SMILES string of the molecule is COc1ccc(N)cc1CNC(=O)c1cscc1C. The highest BCUT2D eigenvalue weighted by molar-refractivity contribution is 7.08. The van der Waals surface area contributed by atoms with E-state index in [0.717, 1.165) is 16.9 Å². The summed E-state index contributed by atoms with van der Waals surface area (Å²) in [5.74, 6) is 0.639. The van der Waals surface area contributed by atoms with E-state index in [1.807, 2.05) is 17.7 Å². The van der Waals surface area contributed by atoms with E-state index in [1.54, 1.807) is 25.3 Å². The molecule has 0 unspecified atom stereocenters. The standard InChI is InChI=1S/C14H16N2O2S/c1-9-7-19-8-12(9)14(17)16-6-10-5-11(15)3-4-13(10)18-2/h3-5,7-8H,6,15H2,1-2H3,(H,16,17). The van der Waals surface area contributed by atoms with Crippen LogP contribution in [-0.2, 0) is 6.54 Å². The maximum atomic E-state index is 12.0. The van der Waals surface area contributed by atoms with E-state index in [4.69, 9.17) is 10.5 Å². The molecule has 0 aliphatic heterocycles. The Labute approximate surface area is 116 Å². The minimum absolute atomic E-state index is 0.0803. The van der Waals surface area contributed by atoms with Gasteiger partial charge in [-0.15, -0.1) is 0 Å². The fraction of sp³-hybridized carbons (Fsp3) is 0.214. The van der Waals surface area contributed by atoms with Crippen LogP contribution >= 0.6 is 11.3 Å². The lowest BCUT2D eigenvalue weighted by molar-refractivity contribution is 0.0950. The molecule has 3 N–H and O–H groups in total. The summed E-state index contributed by atoms with van der Waals surface area (Å²) >= 11 is 1.52. The van der Waals surface area contributed by atoms with Crippen molar-refractivity contribution in [2.24, 2.45) is 0 Å². The van der Waals surface area contributed by atoms with Crippen LogP contribution in [0.15, 0.2) is 29.0 Å². The third-order valence-corrected chi connectivity index (χ3v) is 3.71. The van der Waals surface area contributed by atoms with Crippen LogP contribution in [0.2, 0.25) is 0 Å². The Kier molecular flexibility index (Phi) is 4.06. The van der Waals surface area contributed by atoms with Crippen molar-refractivity contribution in [3.63, 3.8) is 0 Å². The van der Waals surface area contributed by atoms with Crippen molar-refractivity contribution in [1.82, 2.24) is 5.32 Å². The molecule has 0 atom stereocenters. The molecule has 1 aromatic carbocycles. The molecule has 0 aliphatic carbocycles. The van der Waals surface area contributed by atoms with Gasteiger partial charge in [0.2, 0.25) is 0 Å². The first kappa shape index (κ1) is 13.4. The molecule has 2 aromatic rings. The van der Waals surface area contributed by atoms with E-state index in [-0.39, 0.29) is 5.91 Å². The van der Waals surface area contributed by atoms with Gasteiger partial charge in [0.25, 0.3) is 5.91 Å². The molecule has 1 heterocycles. The second-order valence-electron chi connectivity index (χ2n) is 4.22. The Balaban J connectivity index is 2.09. The highest BCUT2D eigenvalue weighted by Gasteiger charge is 2.10. The number of carbonyl (C=O) groups is 1. The Morgan fingerprint density at radius 2 is 2.21 bits per heavy atom. The minimum atomic E-state index is -0.0803. The first-order valence-electron chi connectivity index (χ1n) is 5.85. The Morgan fingerprint density at radius 3 is 2.84 bits per heavy atom. The van der Waals surface area contributed by atoms with Crippen LogP contribution in [0.1, 0.15) is 21.5 Å². The van der Waals surface area contributed by atoms with Crippen LogP contribution in [-0.4, -0.2) is 13.0 Å². The van der Waals surface area contributed by atoms with Crippen molar-refractivity contribution < 1.29 is 9.53 Å². The van der Waals surface area contributed by atoms with Gasteiger partial charge >= 0.3 is 0 Å². The summed E-state index contributed by atoms with van der Waals surface area (Å²) in [5, 5.41) is 6.68. The van der Waals surface area contributed by atoms with Gasteiger partial charge in [0.1, 0.15) is 5.75 Å². The summed E-state index contributed by atoms with van der Waals surface area (Å²) in [6.45, 7) is 2.31. The van der Waals surface area contributed by atoms with Gasteiger partial charge in [-0.3, -0.25) is 4.79 Å². The molecule has 0 radical (unpaired) electrons. The lowest BCUT2D eigenvalue weighted by Crippen LogP contribution is -2.23. The summed E-state index contributed by atoms with van der Waals surface area (Å²) < 4.78 is 5.24. The van der Waals surface area contributed by atoms with Gasteiger partial charge in [0.15, 0.2) is 0 Å². The molecular weight excluding hydrogens is 260 g/mol. The number of hydrogen-bond donors (Lipinski definition) is 2. The first-order valence-corrected chi connectivity index (χ1v) is 6.79. The van der Waals surface area contributed by atoms with Crippen LogP contribution in [0.3, 0.4) is 0 Å². The van der Waals surface area contributed by atoms with Crippen molar-refractivity contribution in [2.75, 3.05) is 12.8 Å². The Morgan fingerprint density at radius 1 is 1.42 bits per heavy atom. The van der Waals surface area contributed by atoms with Gasteiger partial charge < -0.3 is 15.8 Å². The van der Waals surface area contributed by atoms with Crippen LogP contribution in [0.4, 0.5) is 5.69 Å². The van der Waals surface area contributed by atoms with Gasteiger partial charge in [-0.2, -0.15) is 11.3 Å². The smallest absolute Gasteiger partial charge is 0.252 e. The summed E-state index contributed by atoms with van der Waals surface area (Å²) in [4.78, 5) is 12.0. The number of anilines is 1. The molecule has 2 rings (SSSR count). The first-order chi connectivity index (χ1) is 9.11. The van der Waals surface area contributed by atoms with Crippen molar-refractivity contribution in [3.8, 4) is 5.75 Å². The van der Waals surface area contributed by atoms with Crippen molar-refractivity contribution in [3.05, 3.63) is 45.6 Å². The highest BCUT2D eigenvalue weighted by Crippen LogP contribution is 2.21. The molecule has 0 saturated carbocycles. The summed E-state index contributed by atoms with van der Waals surface area (Å²) in [6.07, 6.45) is 0. The molecule has 0 bridgehead atoms. The number of carbonyl (C=O) groups excluding carboxylic acids is 1. The maximum absolute atomic E-state index is 12.0. The van der Waals surface area contributed by atoms with Gasteiger partial charge in [-0.1, -0.05) is 0 Å². The van der Waals surface area contributed by atoms with E-state index in [0.29, 0.717) is 17.8 Å². The van der Waals surface area contributed by atoms with Crippen LogP contribution < -0.4 is 15.8 Å². The van der Waals surface area contributed by atoms with Crippen LogP contribution in [0, 0.1) is 6.92 Å². The van der Waals surface area contributed by atoms with Gasteiger partial charge in [-0.25, -0.2) is 0 Å². The number of hydrogen-bond acceptors (Lipinski definition) is 4. The third kappa shape index (κ3) is 3.06. The number of amides is 1. The molecule has 19 heavy (non-hydrogen) atoms. The van der Waals surface area contributed by atoms with E-state index in [2.05, 4.69) is 5.32 Å². The molecule has 5 heteroatoms. The largest absolute Gasteiger partial charge is 0.496 e. The normalized spacial score (nSPS) is 10.2. The van der Waals surface area contributed by atoms with Gasteiger partial charge in [-0.05, 0) is 36.1 Å². The molecular formula is C14H16N2O2S. The van der Waals surface area contributed by atoms with E-state index < -0.39 is 0 Å². The number of rotatable bonds is 4. The van der Waals surface area contributed by atoms with Gasteiger partial charge in [0.05, 0.1) is 12.7 Å². The molecule has 1 aromatic heterocycles. The monoisotopic (exact) mass is 276 g/mol. The molecule has 0 saturated heterocycles. The van der Waals surface area contributed by atoms with Crippen molar-refractivity contribution in [1.29, 1.82) is 0 Å². The second-order valence-corrected chi connectivity index (χ2v) is 4.97. The number of nitrogen functional groups attached to an aromatic ring is 1. The Hall–Kier alpha value is -2.01. The average molecular weight is 276 g/mol. The lowest BCUT2D eigenvalue weighted by atomic mass is 10.1. The molecule has 4 nitrogen and oxygen atoms in total. The number of nitrogens with two attached hydrogens (primary N) is 1. The number of thiophene rings is 1. The zero-order valence-electron chi connectivity index (χ0n) is 10.9. The molecule has 1 amide bonds. The molecule has 0 aliphatic rings. The quantitative estimate of drug-likeness (QED) is 0.844. The zero-order chi connectivity index (χ0) is 13.8. The fourth-order valence-corrected chi connectivity index (χ4v) is 2.63. The zero-order valence-corrected chi connectivity index (χ0v) is 11.7. The van der Waals surface area contributed by atoms with Gasteiger partial charge in [0, 0.05) is 23.2 Å². The topological polar surface area (TPSA) is 64.3 Å². The summed E-state index contributed by atoms with van der Waals surface area (Å²) in [5.41, 5.74) is 8.96. The third-order valence-electron chi connectivity index (χ3n) is 2.84. The summed E-state index contributed by atoms with van der Waals surface area (Å²) in [6, 6.07) is 5.37. The van der Waals surface area contributed by atoms with Crippen LogP contribution in [0.5, 0.6) is 5.75 Å². The number of benzene rings is 1. The number of methoxy groups -OCH3 is 1. The van der Waals surface area contributed by atoms with Crippen molar-refractivity contribution >= 4 is 22.9 Å². The molecule has 100 valence electrons. The average Bonchev–Trinajstić information content (AvgIpc) is 2.82. The van der Waals surface area contributed by atoms with E-state index in [9.17, 15) is 4.79 Å². The Bertz CT molecular complexity index is 593. The lowest BCUT2D eigenvalue weighted by Gasteiger charge is -2.10. The highest BCUT2D eigenvalue weighted by atomic mass is 32.1. The van der Waals surface area contributed by atoms with E-state index >= 15 is 0 Å². The molecule has 0 fully saturated rings. The minimum Gasteiger partial charge on any atom is -0.496 e. The maximum Gasteiger partial charge on any atom is 0.252 e. The predicted octanol–water partition coefficient (Wildman–Crippen LogP) is 2.58. The fourth-order valence-electron chi connectivity index (χ4n) is 1.80. The second kappa shape index (κ2) is 5.75. The summed E-state index contributed by atoms with van der Waals surface area (Å²) in [7, 11) is 1.60. The van der Waals surface area contributed by atoms with Crippen molar-refractivity contribution in [2.45, 2.75) is 13.5 Å². The number of ether oxygens (including phenoxy) is 1. The number of aryl methyl sites for hydroxylation is 1. The predicted molar refractivity (Wildman–Crippen MR) is 77.6 cm³/mol. The molecule has 0 spiro atoms. The van der Waals surface area contributed by atoms with Crippen LogP contribution in [0.25, 0.3) is 0 Å². The van der Waals surface area contributed by atoms with E-state index in [1.165, 1.54) is 11.3 Å².